The molecule has 0 amide bonds. The largest absolute Gasteiger partial charge is 0.457 e. The summed E-state index contributed by atoms with van der Waals surface area (Å²) in [5.41, 5.74) is -2.25. The van der Waals surface area contributed by atoms with Crippen molar-refractivity contribution in [3.63, 3.8) is 0 Å². The molecule has 0 aliphatic carbocycles. The Morgan fingerprint density at radius 2 is 2.04 bits per heavy atom. The van der Waals surface area contributed by atoms with Gasteiger partial charge in [-0.15, -0.1) is 0 Å². The number of aliphatic hydroxyl groups is 1. The van der Waals surface area contributed by atoms with Gasteiger partial charge in [0.2, 0.25) is 0 Å². The molecule has 0 saturated heterocycles. The molecule has 0 bridgehead atoms. The Morgan fingerprint density at radius 3 is 2.67 bits per heavy atom. The Hall–Kier alpha value is -2.78. The number of hydrogen-bond donors (Lipinski definition) is 1. The van der Waals surface area contributed by atoms with E-state index in [1.54, 1.807) is 0 Å². The molecule has 1 unspecified atom stereocenters. The van der Waals surface area contributed by atoms with Crippen LogP contribution >= 0.6 is 9.24 Å². The van der Waals surface area contributed by atoms with E-state index < -0.39 is 12.3 Å². The lowest BCUT2D eigenvalue weighted by molar-refractivity contribution is 0.0422. The van der Waals surface area contributed by atoms with Crippen LogP contribution in [-0.4, -0.2) is 42.3 Å². The van der Waals surface area contributed by atoms with Crippen LogP contribution in [0.2, 0.25) is 0 Å². The Balaban J connectivity index is 1.77. The molecule has 0 fully saturated rings. The van der Waals surface area contributed by atoms with Gasteiger partial charge in [0.15, 0.2) is 12.4 Å². The quantitative estimate of drug-likeness (QED) is 0.589. The van der Waals surface area contributed by atoms with Crippen LogP contribution in [0.4, 0.5) is 8.78 Å². The molecule has 9 nitrogen and oxygen atoms in total. The number of aromatic nitrogens is 5. The van der Waals surface area contributed by atoms with Crippen molar-refractivity contribution in [2.75, 3.05) is 6.61 Å². The van der Waals surface area contributed by atoms with Gasteiger partial charge in [-0.2, -0.15) is 13.9 Å². The van der Waals surface area contributed by atoms with Gasteiger partial charge in [0.05, 0.1) is 12.3 Å². The third-order valence-electron chi connectivity index (χ3n) is 3.26. The lowest BCUT2D eigenvalue weighted by atomic mass is 10.2. The van der Waals surface area contributed by atoms with E-state index in [0.29, 0.717) is 22.7 Å². The van der Waals surface area contributed by atoms with Crippen LogP contribution in [0.25, 0.3) is 11.3 Å². The van der Waals surface area contributed by atoms with Crippen LogP contribution in [0.15, 0.2) is 39.9 Å². The first-order valence-corrected chi connectivity index (χ1v) is 8.17. The van der Waals surface area contributed by atoms with Crippen molar-refractivity contribution in [3.05, 3.63) is 52.4 Å². The van der Waals surface area contributed by atoms with E-state index in [0.717, 1.165) is 4.68 Å². The topological polar surface area (TPSA) is 116 Å². The molecule has 0 saturated carbocycles. The van der Waals surface area contributed by atoms with Crippen molar-refractivity contribution in [1.29, 1.82) is 0 Å². The van der Waals surface area contributed by atoms with Gasteiger partial charge in [-0.3, -0.25) is 4.79 Å². The number of aliphatic hydroxyl groups excluding tert-OH is 1. The van der Waals surface area contributed by atoms with E-state index in [1.165, 1.54) is 39.8 Å². The Morgan fingerprint density at radius 1 is 1.30 bits per heavy atom. The molecule has 1 atom stereocenters. The third kappa shape index (κ3) is 5.11. The van der Waals surface area contributed by atoms with Crippen molar-refractivity contribution in [2.45, 2.75) is 18.8 Å². The van der Waals surface area contributed by atoms with E-state index in [2.05, 4.69) is 20.2 Å². The molecular formula is C15H14F2N5O4P. The van der Waals surface area contributed by atoms with Crippen molar-refractivity contribution in [2.24, 2.45) is 0 Å². The highest BCUT2D eigenvalue weighted by Gasteiger charge is 2.22. The highest BCUT2D eigenvalue weighted by atomic mass is 31.0. The fourth-order valence-electron chi connectivity index (χ4n) is 2.05. The van der Waals surface area contributed by atoms with Gasteiger partial charge in [-0.05, 0) is 6.07 Å². The van der Waals surface area contributed by atoms with E-state index >= 15 is 0 Å². The minimum absolute atomic E-state index is 0.0188. The van der Waals surface area contributed by atoms with Crippen molar-refractivity contribution in [3.8, 4) is 17.3 Å². The molecule has 27 heavy (non-hydrogen) atoms. The average Bonchev–Trinajstić information content (AvgIpc) is 3.09. The maximum atomic E-state index is 12.8. The van der Waals surface area contributed by atoms with Crippen molar-refractivity contribution >= 4 is 9.24 Å². The second-order valence-electron chi connectivity index (χ2n) is 5.46. The molecule has 0 aliphatic rings. The predicted octanol–water partition coefficient (Wildman–Crippen LogP) is 1.08. The molecule has 3 aromatic rings. The smallest absolute Gasteiger partial charge is 0.316 e. The number of rotatable bonds is 7. The zero-order valence-electron chi connectivity index (χ0n) is 13.7. The monoisotopic (exact) mass is 397 g/mol. The van der Waals surface area contributed by atoms with Crippen LogP contribution in [0.5, 0.6) is 6.01 Å². The molecular weight excluding hydrogens is 383 g/mol. The van der Waals surface area contributed by atoms with Crippen LogP contribution in [-0.2, 0) is 13.2 Å². The molecule has 3 aromatic heterocycles. The molecule has 1 N–H and O–H groups in total. The van der Waals surface area contributed by atoms with Gasteiger partial charge >= 0.3 is 6.01 Å². The van der Waals surface area contributed by atoms with Gasteiger partial charge in [0, 0.05) is 30.1 Å². The summed E-state index contributed by atoms with van der Waals surface area (Å²) in [6, 6.07) is 4.10. The first-order chi connectivity index (χ1) is 12.8. The van der Waals surface area contributed by atoms with Gasteiger partial charge in [0.25, 0.3) is 11.2 Å². The summed E-state index contributed by atoms with van der Waals surface area (Å²) in [5, 5.41) is 16.8. The van der Waals surface area contributed by atoms with Gasteiger partial charge in [-0.25, -0.2) is 14.6 Å². The van der Waals surface area contributed by atoms with Crippen LogP contribution in [0.3, 0.4) is 0 Å². The zero-order valence-corrected chi connectivity index (χ0v) is 14.9. The molecule has 142 valence electrons. The maximum Gasteiger partial charge on any atom is 0.316 e. The van der Waals surface area contributed by atoms with E-state index in [-0.39, 0.29) is 24.7 Å². The second-order valence-corrected chi connectivity index (χ2v) is 6.31. The number of ether oxygens (including phenoxy) is 1. The van der Waals surface area contributed by atoms with Crippen LogP contribution in [0, 0.1) is 0 Å². The van der Waals surface area contributed by atoms with Gasteiger partial charge in [-0.1, -0.05) is 14.4 Å². The van der Waals surface area contributed by atoms with Crippen LogP contribution < -0.4 is 10.3 Å². The summed E-state index contributed by atoms with van der Waals surface area (Å²) >= 11 is 0. The SMILES string of the molecule is O=c1ccc(-c2cnc(OCC(F)(F)P)nc2)nn1Cc1cc(CO)no1. The van der Waals surface area contributed by atoms with E-state index in [4.69, 9.17) is 14.4 Å². The minimum Gasteiger partial charge on any atom is -0.457 e. The average molecular weight is 397 g/mol. The van der Waals surface area contributed by atoms with Crippen molar-refractivity contribution in [1.82, 2.24) is 24.9 Å². The summed E-state index contributed by atoms with van der Waals surface area (Å²) < 4.78 is 36.5. The zero-order chi connectivity index (χ0) is 19.4. The first-order valence-electron chi connectivity index (χ1n) is 7.59. The summed E-state index contributed by atoms with van der Waals surface area (Å²) in [6.45, 7) is -1.13. The van der Waals surface area contributed by atoms with E-state index in [1.807, 2.05) is 0 Å². The lowest BCUT2D eigenvalue weighted by Crippen LogP contribution is -2.22. The molecule has 12 heteroatoms. The Kier molecular flexibility index (Phi) is 5.52. The maximum absolute atomic E-state index is 12.8. The van der Waals surface area contributed by atoms with Gasteiger partial charge in [0.1, 0.15) is 12.2 Å². The summed E-state index contributed by atoms with van der Waals surface area (Å²) in [6.07, 6.45) is 2.69. The second kappa shape index (κ2) is 7.85. The first kappa shape index (κ1) is 19.0. The Labute approximate surface area is 153 Å². The van der Waals surface area contributed by atoms with E-state index in [9.17, 15) is 13.6 Å². The Bertz CT molecular complexity index is 971. The standard InChI is InChI=1S/C15H14F2N5O4P/c16-15(17,27)8-25-14-18-4-9(5-19-14)12-1-2-13(24)22(20-12)6-11-3-10(7-23)21-26-11/h1-5,23H,6-8,27H2. The fraction of sp³-hybridized carbons (Fsp3) is 0.267. The normalized spacial score (nSPS) is 11.6. The van der Waals surface area contributed by atoms with Crippen molar-refractivity contribution < 1.29 is 23.1 Å². The molecule has 0 spiro atoms. The predicted molar refractivity (Wildman–Crippen MR) is 91.2 cm³/mol. The molecule has 3 rings (SSSR count). The molecule has 0 aromatic carbocycles. The summed E-state index contributed by atoms with van der Waals surface area (Å²) in [5.74, 6) is 0.351. The summed E-state index contributed by atoms with van der Waals surface area (Å²) in [4.78, 5) is 19.7. The molecule has 0 aliphatic heterocycles. The fourth-order valence-corrected chi connectivity index (χ4v) is 2.14. The minimum atomic E-state index is -3.07. The number of nitrogens with zero attached hydrogens (tertiary/aromatic N) is 5. The third-order valence-corrected chi connectivity index (χ3v) is 3.43. The van der Waals surface area contributed by atoms with Crippen LogP contribution in [0.1, 0.15) is 11.5 Å². The lowest BCUT2D eigenvalue weighted by Gasteiger charge is -2.10. The number of hydrogen-bond acceptors (Lipinski definition) is 8. The number of alkyl halides is 2. The molecule has 0 radical (unpaired) electrons. The van der Waals surface area contributed by atoms with Gasteiger partial charge < -0.3 is 14.4 Å². The highest BCUT2D eigenvalue weighted by Crippen LogP contribution is 2.22. The highest BCUT2D eigenvalue weighted by molar-refractivity contribution is 7.18. The number of halogens is 2. The molecule has 3 heterocycles. The summed E-state index contributed by atoms with van der Waals surface area (Å²) in [7, 11) is 1.36.